The Labute approximate surface area is 165 Å². The van der Waals surface area contributed by atoms with Crippen LogP contribution in [0.5, 0.6) is 0 Å². The summed E-state index contributed by atoms with van der Waals surface area (Å²) in [4.78, 5) is 27.9. The molecule has 0 bridgehead atoms. The SMILES string of the molecule is C[C@H]1CC(=O)O[C@@H]2CCN3CC=C(COC(=O)[C@]1(C)OCc1ccccc1)[C@H]23. The van der Waals surface area contributed by atoms with E-state index in [1.807, 2.05) is 37.3 Å². The summed E-state index contributed by atoms with van der Waals surface area (Å²) in [5, 5.41) is 0. The van der Waals surface area contributed by atoms with E-state index in [-0.39, 0.29) is 43.7 Å². The predicted molar refractivity (Wildman–Crippen MR) is 102 cm³/mol. The lowest BCUT2D eigenvalue weighted by atomic mass is 9.87. The van der Waals surface area contributed by atoms with Crippen molar-refractivity contribution in [3.63, 3.8) is 0 Å². The van der Waals surface area contributed by atoms with Gasteiger partial charge in [-0.25, -0.2) is 4.79 Å². The number of hydrogen-bond donors (Lipinski definition) is 0. The maximum Gasteiger partial charge on any atom is 0.338 e. The zero-order valence-corrected chi connectivity index (χ0v) is 16.4. The lowest BCUT2D eigenvalue weighted by Gasteiger charge is -2.33. The molecule has 0 radical (unpaired) electrons. The second kappa shape index (κ2) is 7.68. The minimum Gasteiger partial charge on any atom is -0.460 e. The molecule has 2 saturated heterocycles. The molecule has 0 saturated carbocycles. The number of hydrogen-bond acceptors (Lipinski definition) is 6. The first-order valence-corrected chi connectivity index (χ1v) is 9.95. The monoisotopic (exact) mass is 385 g/mol. The van der Waals surface area contributed by atoms with Crippen LogP contribution < -0.4 is 0 Å². The second-order valence-corrected chi connectivity index (χ2v) is 8.10. The molecule has 0 aliphatic carbocycles. The molecule has 0 aromatic heterocycles. The lowest BCUT2D eigenvalue weighted by Crippen LogP contribution is -2.46. The van der Waals surface area contributed by atoms with Gasteiger partial charge in [-0.2, -0.15) is 0 Å². The fourth-order valence-electron chi connectivity index (χ4n) is 4.29. The largest absolute Gasteiger partial charge is 0.460 e. The molecule has 6 nitrogen and oxygen atoms in total. The van der Waals surface area contributed by atoms with Crippen LogP contribution in [-0.2, 0) is 30.4 Å². The Hall–Kier alpha value is -2.18. The van der Waals surface area contributed by atoms with E-state index >= 15 is 0 Å². The molecule has 6 heteroatoms. The zero-order chi connectivity index (χ0) is 19.7. The lowest BCUT2D eigenvalue weighted by molar-refractivity contribution is -0.180. The number of cyclic esters (lactones) is 1. The van der Waals surface area contributed by atoms with Gasteiger partial charge in [0, 0.05) is 19.0 Å². The Morgan fingerprint density at radius 2 is 2.04 bits per heavy atom. The number of carbonyl (C=O) groups excluding carboxylic acids is 2. The molecule has 0 N–H and O–H groups in total. The van der Waals surface area contributed by atoms with E-state index < -0.39 is 11.6 Å². The zero-order valence-electron chi connectivity index (χ0n) is 16.4. The number of nitrogens with zero attached hydrogens (tertiary/aromatic N) is 1. The average Bonchev–Trinajstić information content (AvgIpc) is 3.27. The molecule has 3 aliphatic rings. The van der Waals surface area contributed by atoms with Crippen molar-refractivity contribution < 1.29 is 23.8 Å². The highest BCUT2D eigenvalue weighted by Crippen LogP contribution is 2.35. The van der Waals surface area contributed by atoms with Crippen LogP contribution >= 0.6 is 0 Å². The minimum atomic E-state index is -1.23. The van der Waals surface area contributed by atoms with Crippen molar-refractivity contribution in [1.29, 1.82) is 0 Å². The third-order valence-electron chi connectivity index (χ3n) is 6.27. The van der Waals surface area contributed by atoms with Crippen LogP contribution in [0.2, 0.25) is 0 Å². The maximum absolute atomic E-state index is 13.0. The normalized spacial score (nSPS) is 33.5. The van der Waals surface area contributed by atoms with Crippen molar-refractivity contribution in [2.24, 2.45) is 5.92 Å². The van der Waals surface area contributed by atoms with Crippen LogP contribution in [0.4, 0.5) is 0 Å². The summed E-state index contributed by atoms with van der Waals surface area (Å²) in [5.74, 6) is -1.09. The van der Waals surface area contributed by atoms with Gasteiger partial charge in [-0.1, -0.05) is 43.3 Å². The molecular formula is C22H27NO5. The van der Waals surface area contributed by atoms with Crippen molar-refractivity contribution in [1.82, 2.24) is 4.90 Å². The van der Waals surface area contributed by atoms with Crippen molar-refractivity contribution >= 4 is 11.9 Å². The third kappa shape index (κ3) is 3.59. The molecule has 3 aliphatic heterocycles. The summed E-state index contributed by atoms with van der Waals surface area (Å²) >= 11 is 0. The summed E-state index contributed by atoms with van der Waals surface area (Å²) in [6.07, 6.45) is 2.85. The Kier molecular flexibility index (Phi) is 5.25. The molecule has 2 fully saturated rings. The molecule has 0 spiro atoms. The number of ether oxygens (including phenoxy) is 3. The maximum atomic E-state index is 13.0. The number of esters is 2. The van der Waals surface area contributed by atoms with Crippen LogP contribution in [0.3, 0.4) is 0 Å². The van der Waals surface area contributed by atoms with E-state index in [0.29, 0.717) is 0 Å². The van der Waals surface area contributed by atoms with E-state index in [9.17, 15) is 9.59 Å². The van der Waals surface area contributed by atoms with Gasteiger partial charge in [0.1, 0.15) is 12.7 Å². The quantitative estimate of drug-likeness (QED) is 0.588. The van der Waals surface area contributed by atoms with E-state index in [0.717, 1.165) is 30.6 Å². The van der Waals surface area contributed by atoms with Crippen molar-refractivity contribution in [3.8, 4) is 0 Å². The first-order valence-electron chi connectivity index (χ1n) is 9.95. The van der Waals surface area contributed by atoms with Crippen LogP contribution in [0.25, 0.3) is 0 Å². The molecule has 4 atom stereocenters. The minimum absolute atomic E-state index is 0.0293. The third-order valence-corrected chi connectivity index (χ3v) is 6.27. The van der Waals surface area contributed by atoms with E-state index in [1.165, 1.54) is 0 Å². The molecule has 150 valence electrons. The summed E-state index contributed by atoms with van der Waals surface area (Å²) in [6, 6.07) is 9.70. The van der Waals surface area contributed by atoms with Crippen molar-refractivity contribution in [2.45, 2.75) is 51.0 Å². The number of benzene rings is 1. The van der Waals surface area contributed by atoms with Crippen LogP contribution in [-0.4, -0.2) is 54.3 Å². The van der Waals surface area contributed by atoms with Gasteiger partial charge < -0.3 is 14.2 Å². The van der Waals surface area contributed by atoms with Gasteiger partial charge in [0.05, 0.1) is 19.1 Å². The molecule has 28 heavy (non-hydrogen) atoms. The van der Waals surface area contributed by atoms with Gasteiger partial charge in [0.25, 0.3) is 0 Å². The van der Waals surface area contributed by atoms with Gasteiger partial charge in [-0.3, -0.25) is 9.69 Å². The van der Waals surface area contributed by atoms with Crippen molar-refractivity contribution in [2.75, 3.05) is 19.7 Å². The van der Waals surface area contributed by atoms with Gasteiger partial charge in [-0.05, 0) is 24.5 Å². The summed E-state index contributed by atoms with van der Waals surface area (Å²) in [7, 11) is 0. The molecule has 3 heterocycles. The Bertz CT molecular complexity index is 776. The van der Waals surface area contributed by atoms with E-state index in [4.69, 9.17) is 14.2 Å². The molecule has 1 aromatic carbocycles. The summed E-state index contributed by atoms with van der Waals surface area (Å²) < 4.78 is 17.6. The highest BCUT2D eigenvalue weighted by Gasteiger charge is 2.47. The fraction of sp³-hybridized carbons (Fsp3) is 0.545. The number of carbonyl (C=O) groups is 2. The van der Waals surface area contributed by atoms with Gasteiger partial charge >= 0.3 is 11.9 Å². The van der Waals surface area contributed by atoms with Crippen molar-refractivity contribution in [3.05, 3.63) is 47.5 Å². The Morgan fingerprint density at radius 1 is 1.25 bits per heavy atom. The predicted octanol–water partition coefficient (Wildman–Crippen LogP) is 2.47. The topological polar surface area (TPSA) is 65.1 Å². The van der Waals surface area contributed by atoms with Gasteiger partial charge in [0.15, 0.2) is 5.60 Å². The number of rotatable bonds is 3. The summed E-state index contributed by atoms with van der Waals surface area (Å²) in [6.45, 7) is 5.74. The Balaban J connectivity index is 1.55. The van der Waals surface area contributed by atoms with Crippen LogP contribution in [0, 0.1) is 5.92 Å². The van der Waals surface area contributed by atoms with E-state index in [2.05, 4.69) is 11.0 Å². The average molecular weight is 385 g/mol. The smallest absolute Gasteiger partial charge is 0.338 e. The molecule has 0 amide bonds. The second-order valence-electron chi connectivity index (χ2n) is 8.10. The molecule has 1 aromatic rings. The Morgan fingerprint density at radius 3 is 2.82 bits per heavy atom. The van der Waals surface area contributed by atoms with Gasteiger partial charge in [0.2, 0.25) is 0 Å². The first-order chi connectivity index (χ1) is 13.5. The highest BCUT2D eigenvalue weighted by atomic mass is 16.6. The van der Waals surface area contributed by atoms with Gasteiger partial charge in [-0.15, -0.1) is 0 Å². The fourth-order valence-corrected chi connectivity index (χ4v) is 4.29. The molecular weight excluding hydrogens is 358 g/mol. The highest BCUT2D eigenvalue weighted by molar-refractivity contribution is 5.81. The van der Waals surface area contributed by atoms with E-state index in [1.54, 1.807) is 6.92 Å². The summed E-state index contributed by atoms with van der Waals surface area (Å²) in [5.41, 5.74) is 0.751. The standard InChI is InChI=1S/C22H27NO5/c1-15-12-19(24)28-18-9-11-23-10-8-17(20(18)23)14-26-21(25)22(15,2)27-13-16-6-4-3-5-7-16/h3-8,15,18,20H,9-14H2,1-2H3/t15-,18+,20+,22+/m0/s1. The molecule has 4 rings (SSSR count). The van der Waals surface area contributed by atoms with Crippen LogP contribution in [0.1, 0.15) is 32.3 Å². The molecule has 0 unspecified atom stereocenters. The van der Waals surface area contributed by atoms with Crippen LogP contribution in [0.15, 0.2) is 42.0 Å². The first kappa shape index (κ1) is 19.2.